The Hall–Kier alpha value is -0.770. The molecule has 0 aliphatic carbocycles. The standard InChI is InChI=1S/C4H3N2OS/c7-3-1-2-5-4(8)6-3/h1H,(H2,5,6,7,8). The summed E-state index contributed by atoms with van der Waals surface area (Å²) in [4.78, 5) is 6.96. The van der Waals surface area contributed by atoms with Crippen molar-refractivity contribution in [3.8, 4) is 5.88 Å². The average molecular weight is 127 g/mol. The van der Waals surface area contributed by atoms with Gasteiger partial charge in [0.05, 0.1) is 6.20 Å². The summed E-state index contributed by atoms with van der Waals surface area (Å²) in [5, 5.41) is 8.81. The molecule has 1 radical (unpaired) electrons. The molecule has 0 spiro atoms. The van der Waals surface area contributed by atoms with E-state index in [0.717, 1.165) is 0 Å². The molecule has 1 aromatic rings. The van der Waals surface area contributed by atoms with Crippen molar-refractivity contribution in [3.63, 3.8) is 0 Å². The van der Waals surface area contributed by atoms with E-state index in [9.17, 15) is 0 Å². The van der Waals surface area contributed by atoms with E-state index >= 15 is 0 Å². The molecule has 41 valence electrons. The van der Waals surface area contributed by atoms with E-state index in [1.807, 2.05) is 0 Å². The van der Waals surface area contributed by atoms with E-state index < -0.39 is 0 Å². The lowest BCUT2D eigenvalue weighted by atomic mass is 10.6. The molecular weight excluding hydrogens is 124 g/mol. The minimum absolute atomic E-state index is 0.106. The van der Waals surface area contributed by atoms with Gasteiger partial charge in [-0.25, -0.2) is 4.98 Å². The highest BCUT2D eigenvalue weighted by atomic mass is 32.1. The lowest BCUT2D eigenvalue weighted by Gasteiger charge is -1.86. The fourth-order valence-corrected chi connectivity index (χ4v) is 0.468. The van der Waals surface area contributed by atoms with Crippen molar-refractivity contribution in [2.45, 2.75) is 5.16 Å². The summed E-state index contributed by atoms with van der Waals surface area (Å²) >= 11 is 3.74. The number of rotatable bonds is 0. The summed E-state index contributed by atoms with van der Waals surface area (Å²) in [5.74, 6) is -0.106. The molecule has 4 heteroatoms. The van der Waals surface area contributed by atoms with Gasteiger partial charge in [0, 0.05) is 6.07 Å². The highest BCUT2D eigenvalue weighted by molar-refractivity contribution is 7.80. The maximum atomic E-state index is 8.58. The van der Waals surface area contributed by atoms with Crippen molar-refractivity contribution in [2.75, 3.05) is 0 Å². The maximum absolute atomic E-state index is 8.58. The van der Waals surface area contributed by atoms with E-state index in [2.05, 4.69) is 28.8 Å². The molecule has 1 aromatic heterocycles. The molecule has 1 N–H and O–H groups in total. The predicted octanol–water partition coefficient (Wildman–Crippen LogP) is 0.271. The molecule has 0 unspecified atom stereocenters. The first-order valence-corrected chi connectivity index (χ1v) is 2.37. The lowest BCUT2D eigenvalue weighted by Crippen LogP contribution is -1.79. The van der Waals surface area contributed by atoms with Crippen LogP contribution in [0.2, 0.25) is 0 Å². The Kier molecular flexibility index (Phi) is 1.34. The minimum Gasteiger partial charge on any atom is -0.493 e. The van der Waals surface area contributed by atoms with Crippen molar-refractivity contribution in [2.24, 2.45) is 0 Å². The van der Waals surface area contributed by atoms with Gasteiger partial charge in [-0.1, -0.05) is 0 Å². The summed E-state index contributed by atoms with van der Waals surface area (Å²) < 4.78 is 0. The van der Waals surface area contributed by atoms with E-state index in [4.69, 9.17) is 5.11 Å². The van der Waals surface area contributed by atoms with Gasteiger partial charge in [-0.3, -0.25) is 0 Å². The van der Waals surface area contributed by atoms with Crippen molar-refractivity contribution < 1.29 is 5.11 Å². The second-order valence-corrected chi connectivity index (χ2v) is 1.56. The smallest absolute Gasteiger partial charge is 0.215 e. The fourth-order valence-electron chi connectivity index (χ4n) is 0.307. The van der Waals surface area contributed by atoms with Crippen LogP contribution < -0.4 is 0 Å². The second-order valence-electron chi connectivity index (χ2n) is 1.16. The van der Waals surface area contributed by atoms with Gasteiger partial charge in [0.2, 0.25) is 5.88 Å². The molecule has 0 aliphatic rings. The zero-order valence-electron chi connectivity index (χ0n) is 3.87. The molecule has 0 fully saturated rings. The number of aromatic nitrogens is 2. The Morgan fingerprint density at radius 1 is 1.75 bits per heavy atom. The maximum Gasteiger partial charge on any atom is 0.215 e. The molecule has 0 saturated carbocycles. The molecule has 1 heterocycles. The van der Waals surface area contributed by atoms with Crippen molar-refractivity contribution in [1.29, 1.82) is 0 Å². The quantitative estimate of drug-likeness (QED) is 0.388. The molecule has 0 aliphatic heterocycles. The van der Waals surface area contributed by atoms with Gasteiger partial charge in [0.15, 0.2) is 5.16 Å². The Balaban J connectivity index is 3.08. The number of hydrogen-bond donors (Lipinski definition) is 2. The van der Waals surface area contributed by atoms with E-state index in [1.54, 1.807) is 0 Å². The summed E-state index contributed by atoms with van der Waals surface area (Å²) in [6.07, 6.45) is 2.39. The number of thiol groups is 1. The third kappa shape index (κ3) is 1.10. The van der Waals surface area contributed by atoms with Crippen LogP contribution in [0.3, 0.4) is 0 Å². The van der Waals surface area contributed by atoms with Crippen LogP contribution >= 0.6 is 12.6 Å². The van der Waals surface area contributed by atoms with Crippen LogP contribution in [-0.4, -0.2) is 15.1 Å². The van der Waals surface area contributed by atoms with Crippen LogP contribution in [0.5, 0.6) is 5.88 Å². The normalized spacial score (nSPS) is 9.12. The van der Waals surface area contributed by atoms with Crippen LogP contribution in [0, 0.1) is 6.20 Å². The fraction of sp³-hybridized carbons (Fsp3) is 0. The molecule has 0 amide bonds. The monoisotopic (exact) mass is 127 g/mol. The van der Waals surface area contributed by atoms with Crippen LogP contribution in [-0.2, 0) is 0 Å². The van der Waals surface area contributed by atoms with Crippen LogP contribution in [0.4, 0.5) is 0 Å². The lowest BCUT2D eigenvalue weighted by molar-refractivity contribution is 0.445. The molecule has 3 nitrogen and oxygen atoms in total. The zero-order chi connectivity index (χ0) is 5.98. The third-order valence-electron chi connectivity index (χ3n) is 0.573. The predicted molar refractivity (Wildman–Crippen MR) is 29.8 cm³/mol. The topological polar surface area (TPSA) is 46.0 Å². The van der Waals surface area contributed by atoms with Crippen LogP contribution in [0.25, 0.3) is 0 Å². The largest absolute Gasteiger partial charge is 0.493 e. The zero-order valence-corrected chi connectivity index (χ0v) is 4.76. The Bertz CT molecular complexity index is 174. The van der Waals surface area contributed by atoms with Gasteiger partial charge in [0.25, 0.3) is 0 Å². The van der Waals surface area contributed by atoms with Gasteiger partial charge in [-0.2, -0.15) is 4.98 Å². The highest BCUT2D eigenvalue weighted by Crippen LogP contribution is 2.02. The SMILES string of the molecule is Oc1c[c]nc(S)n1. The summed E-state index contributed by atoms with van der Waals surface area (Å²) in [5.41, 5.74) is 0. The van der Waals surface area contributed by atoms with Crippen LogP contribution in [0.15, 0.2) is 11.2 Å². The molecule has 0 atom stereocenters. The first-order chi connectivity index (χ1) is 3.79. The van der Waals surface area contributed by atoms with E-state index in [1.165, 1.54) is 6.07 Å². The van der Waals surface area contributed by atoms with Gasteiger partial charge in [-0.05, 0) is 0 Å². The molecule has 0 aromatic carbocycles. The minimum atomic E-state index is -0.106. The van der Waals surface area contributed by atoms with Crippen molar-refractivity contribution in [1.82, 2.24) is 9.97 Å². The summed E-state index contributed by atoms with van der Waals surface area (Å²) in [6, 6.07) is 1.26. The first-order valence-electron chi connectivity index (χ1n) is 1.92. The van der Waals surface area contributed by atoms with E-state index in [0.29, 0.717) is 0 Å². The Labute approximate surface area is 51.8 Å². The number of hydrogen-bond acceptors (Lipinski definition) is 4. The first kappa shape index (κ1) is 5.37. The Morgan fingerprint density at radius 2 is 2.50 bits per heavy atom. The molecule has 0 bridgehead atoms. The summed E-state index contributed by atoms with van der Waals surface area (Å²) in [6.45, 7) is 0. The third-order valence-corrected chi connectivity index (χ3v) is 0.773. The molecular formula is C4H3N2OS. The van der Waals surface area contributed by atoms with Gasteiger partial charge >= 0.3 is 0 Å². The molecule has 1 rings (SSSR count). The second kappa shape index (κ2) is 2.00. The molecule has 8 heavy (non-hydrogen) atoms. The van der Waals surface area contributed by atoms with Gasteiger partial charge < -0.3 is 5.11 Å². The van der Waals surface area contributed by atoms with E-state index in [-0.39, 0.29) is 11.0 Å². The van der Waals surface area contributed by atoms with Crippen molar-refractivity contribution in [3.05, 3.63) is 12.3 Å². The summed E-state index contributed by atoms with van der Waals surface area (Å²) in [7, 11) is 0. The number of aromatic hydroxyl groups is 1. The Morgan fingerprint density at radius 3 is 2.88 bits per heavy atom. The van der Waals surface area contributed by atoms with Gasteiger partial charge in [0.1, 0.15) is 0 Å². The average Bonchev–Trinajstić information content (AvgIpc) is 1.64. The number of nitrogens with zero attached hydrogens (tertiary/aromatic N) is 2. The van der Waals surface area contributed by atoms with Gasteiger partial charge in [-0.15, -0.1) is 12.6 Å². The van der Waals surface area contributed by atoms with Crippen molar-refractivity contribution >= 4 is 12.6 Å². The van der Waals surface area contributed by atoms with Crippen LogP contribution in [0.1, 0.15) is 0 Å². The molecule has 0 saturated heterocycles. The highest BCUT2D eigenvalue weighted by Gasteiger charge is 1.87.